The molecule has 0 saturated heterocycles. The number of carbonyl (C=O) groups excluding carboxylic acids is 3. The Morgan fingerprint density at radius 2 is 1.32 bits per heavy atom. The number of para-hydroxylation sites is 1. The summed E-state index contributed by atoms with van der Waals surface area (Å²) in [6, 6.07) is 7.68. The number of carboxylic acids is 3. The van der Waals surface area contributed by atoms with Gasteiger partial charge in [-0.1, -0.05) is 18.2 Å². The van der Waals surface area contributed by atoms with Gasteiger partial charge in [0.2, 0.25) is 5.91 Å². The lowest BCUT2D eigenvalue weighted by Gasteiger charge is -2.19. The molecule has 0 bridgehead atoms. The van der Waals surface area contributed by atoms with E-state index in [1.807, 2.05) is 32.0 Å². The molecule has 0 spiro atoms. The van der Waals surface area contributed by atoms with Crippen LogP contribution in [0.25, 0.3) is 0 Å². The van der Waals surface area contributed by atoms with E-state index in [2.05, 4.69) is 5.32 Å². The van der Waals surface area contributed by atoms with Gasteiger partial charge in [-0.25, -0.2) is 0 Å². The van der Waals surface area contributed by atoms with Crippen LogP contribution in [0.15, 0.2) is 30.3 Å². The van der Waals surface area contributed by atoms with Gasteiger partial charge in [0.1, 0.15) is 17.0 Å². The molecule has 0 heterocycles. The third-order valence-electron chi connectivity index (χ3n) is 5.90. The summed E-state index contributed by atoms with van der Waals surface area (Å²) in [4.78, 5) is 71.3. The van der Waals surface area contributed by atoms with Gasteiger partial charge >= 0.3 is 29.8 Å². The molecule has 0 aliphatic rings. The average Bonchev–Trinajstić information content (AvgIpc) is 2.83. The summed E-state index contributed by atoms with van der Waals surface area (Å²) >= 11 is 0. The lowest BCUT2D eigenvalue weighted by molar-refractivity contribution is -0.148. The molecule has 2 aromatic carbocycles. The van der Waals surface area contributed by atoms with Gasteiger partial charge in [-0.3, -0.25) is 28.8 Å². The van der Waals surface area contributed by atoms with Crippen molar-refractivity contribution in [1.82, 2.24) is 0 Å². The van der Waals surface area contributed by atoms with Crippen molar-refractivity contribution in [3.05, 3.63) is 52.6 Å². The number of nitrogens with one attached hydrogen (secondary N) is 1. The van der Waals surface area contributed by atoms with Gasteiger partial charge in [0.15, 0.2) is 0 Å². The molecule has 0 saturated carbocycles. The number of aliphatic carboxylic acids is 3. The molecule has 0 aliphatic carbocycles. The maximum Gasteiger partial charge on any atom is 0.323 e. The van der Waals surface area contributed by atoms with Crippen LogP contribution in [0, 0.1) is 13.8 Å². The minimum absolute atomic E-state index is 0.000413. The van der Waals surface area contributed by atoms with Crippen LogP contribution in [0.5, 0.6) is 11.5 Å². The summed E-state index contributed by atoms with van der Waals surface area (Å²) in [5.74, 6) is -6.97. The van der Waals surface area contributed by atoms with Crippen LogP contribution in [0.1, 0.15) is 54.9 Å². The molecule has 0 fully saturated rings. The van der Waals surface area contributed by atoms with Crippen LogP contribution in [0.3, 0.4) is 0 Å². The molecule has 13 heteroatoms. The average molecular weight is 573 g/mol. The highest BCUT2D eigenvalue weighted by Gasteiger charge is 2.32. The molecule has 0 unspecified atom stereocenters. The molecule has 13 nitrogen and oxygen atoms in total. The van der Waals surface area contributed by atoms with Crippen molar-refractivity contribution in [3.8, 4) is 11.5 Å². The molecule has 1 amide bonds. The first-order valence-corrected chi connectivity index (χ1v) is 12.5. The Morgan fingerprint density at radius 1 is 0.829 bits per heavy atom. The van der Waals surface area contributed by atoms with Crippen LogP contribution in [0.2, 0.25) is 0 Å². The van der Waals surface area contributed by atoms with Crippen molar-refractivity contribution in [1.29, 1.82) is 0 Å². The predicted octanol–water partition coefficient (Wildman–Crippen LogP) is 2.37. The zero-order chi connectivity index (χ0) is 30.9. The van der Waals surface area contributed by atoms with E-state index in [-0.39, 0.29) is 47.8 Å². The van der Waals surface area contributed by atoms with E-state index >= 15 is 0 Å². The molecule has 41 heavy (non-hydrogen) atoms. The molecule has 220 valence electrons. The second-order valence-corrected chi connectivity index (χ2v) is 9.72. The monoisotopic (exact) mass is 572 g/mol. The number of benzene rings is 2. The highest BCUT2D eigenvalue weighted by atomic mass is 16.5. The summed E-state index contributed by atoms with van der Waals surface area (Å²) in [5, 5.41) is 30.6. The van der Waals surface area contributed by atoms with E-state index in [1.54, 1.807) is 0 Å². The Hall–Kier alpha value is -4.78. The lowest BCUT2D eigenvalue weighted by Crippen LogP contribution is -2.47. The van der Waals surface area contributed by atoms with E-state index in [0.717, 1.165) is 30.2 Å². The number of esters is 2. The summed E-state index contributed by atoms with van der Waals surface area (Å²) in [6.45, 7) is 4.79. The number of aryl methyl sites for hydroxylation is 2. The van der Waals surface area contributed by atoms with E-state index in [0.29, 0.717) is 5.69 Å². The second kappa shape index (κ2) is 14.0. The normalized spacial score (nSPS) is 12.1. The van der Waals surface area contributed by atoms with E-state index in [4.69, 9.17) is 20.3 Å². The summed E-state index contributed by atoms with van der Waals surface area (Å²) < 4.78 is 10.5. The Bertz CT molecular complexity index is 1340. The smallest absolute Gasteiger partial charge is 0.323 e. The number of hydrogen-bond acceptors (Lipinski definition) is 9. The molecule has 2 rings (SSSR count). The number of anilines is 1. The largest absolute Gasteiger partial charge is 0.481 e. The summed E-state index contributed by atoms with van der Waals surface area (Å²) in [5.41, 5.74) is 5.80. The number of rotatable bonds is 14. The Balaban J connectivity index is 2.18. The number of hydrogen-bond donors (Lipinski definition) is 5. The fraction of sp³-hybridized carbons (Fsp3) is 0.357. The number of nitrogens with two attached hydrogens (primary N) is 1. The first kappa shape index (κ1) is 32.4. The Labute approximate surface area is 235 Å². The van der Waals surface area contributed by atoms with Crippen LogP contribution in [-0.2, 0) is 41.6 Å². The molecule has 2 aromatic rings. The van der Waals surface area contributed by atoms with Crippen LogP contribution in [0.4, 0.5) is 5.69 Å². The van der Waals surface area contributed by atoms with Crippen molar-refractivity contribution in [2.24, 2.45) is 5.73 Å². The molecule has 1 atom stereocenters. The predicted molar refractivity (Wildman–Crippen MR) is 144 cm³/mol. The maximum absolute atomic E-state index is 12.5. The molecular formula is C28H32N2O11. The Kier molecular flexibility index (Phi) is 11.1. The van der Waals surface area contributed by atoms with Crippen LogP contribution >= 0.6 is 0 Å². The van der Waals surface area contributed by atoms with Gasteiger partial charge in [-0.15, -0.1) is 0 Å². The SMILES string of the molecule is Cc1cccc(C)c1NC(=O)CCCC(=O)Oc1cc(CC(=O)O)c(OC(=O)C[C@](C)(N)C(=O)O)cc1CC(=O)O. The van der Waals surface area contributed by atoms with E-state index < -0.39 is 54.6 Å². The minimum Gasteiger partial charge on any atom is -0.481 e. The zero-order valence-corrected chi connectivity index (χ0v) is 22.8. The van der Waals surface area contributed by atoms with Gasteiger partial charge in [0.25, 0.3) is 0 Å². The van der Waals surface area contributed by atoms with Crippen molar-refractivity contribution in [3.63, 3.8) is 0 Å². The molecule has 0 aliphatic heterocycles. The first-order valence-electron chi connectivity index (χ1n) is 12.5. The number of carbonyl (C=O) groups is 6. The van der Waals surface area contributed by atoms with Gasteiger partial charge in [0, 0.05) is 29.7 Å². The van der Waals surface area contributed by atoms with E-state index in [1.165, 1.54) is 0 Å². The van der Waals surface area contributed by atoms with Crippen LogP contribution < -0.4 is 20.5 Å². The maximum atomic E-state index is 12.5. The first-order chi connectivity index (χ1) is 19.1. The Morgan fingerprint density at radius 3 is 1.78 bits per heavy atom. The standard InChI is InChI=1S/C28H32N2O11/c1-15-6-4-7-16(2)26(15)30-21(31)8-5-9-24(36)40-19-10-18(13-23(34)35)20(11-17(19)12-22(32)33)41-25(37)14-28(3,29)27(38)39/h4,6-7,10-11H,5,8-9,12-14,29H2,1-3H3,(H,30,31)(H,32,33)(H,34,35)(H,38,39)/t28-/m0/s1. The highest BCUT2D eigenvalue weighted by molar-refractivity contribution is 5.92. The molecular weight excluding hydrogens is 540 g/mol. The third kappa shape index (κ3) is 10.0. The molecule has 0 aromatic heterocycles. The van der Waals surface area contributed by atoms with Crippen molar-refractivity contribution < 1.29 is 53.6 Å². The minimum atomic E-state index is -1.97. The number of ether oxygens (including phenoxy) is 2. The van der Waals surface area contributed by atoms with Crippen LogP contribution in [-0.4, -0.2) is 56.6 Å². The molecule has 6 N–H and O–H groups in total. The van der Waals surface area contributed by atoms with Gasteiger partial charge in [-0.05, 0) is 50.5 Å². The van der Waals surface area contributed by atoms with Gasteiger partial charge < -0.3 is 35.8 Å². The fourth-order valence-electron chi connectivity index (χ4n) is 3.75. The van der Waals surface area contributed by atoms with Crippen molar-refractivity contribution in [2.75, 3.05) is 5.32 Å². The highest BCUT2D eigenvalue weighted by Crippen LogP contribution is 2.31. The molecule has 0 radical (unpaired) electrons. The van der Waals surface area contributed by atoms with Gasteiger partial charge in [-0.2, -0.15) is 0 Å². The third-order valence-corrected chi connectivity index (χ3v) is 5.90. The second-order valence-electron chi connectivity index (χ2n) is 9.72. The quantitative estimate of drug-likeness (QED) is 0.163. The van der Waals surface area contributed by atoms with Crippen molar-refractivity contribution >= 4 is 41.4 Å². The topological polar surface area (TPSA) is 220 Å². The zero-order valence-electron chi connectivity index (χ0n) is 22.8. The summed E-state index contributed by atoms with van der Waals surface area (Å²) in [7, 11) is 0. The van der Waals surface area contributed by atoms with Gasteiger partial charge in [0.05, 0.1) is 19.3 Å². The van der Waals surface area contributed by atoms with E-state index in [9.17, 15) is 39.0 Å². The van der Waals surface area contributed by atoms with Crippen molar-refractivity contribution in [2.45, 2.75) is 64.8 Å². The summed E-state index contributed by atoms with van der Waals surface area (Å²) in [6.07, 6.45) is -2.23. The number of carboxylic acid groups (broad SMARTS) is 3. The fourth-order valence-corrected chi connectivity index (χ4v) is 3.75. The lowest BCUT2D eigenvalue weighted by atomic mass is 10.00. The number of amides is 1.